The largest absolute Gasteiger partial charge is 0.491 e. The highest BCUT2D eigenvalue weighted by molar-refractivity contribution is 7.09. The summed E-state index contributed by atoms with van der Waals surface area (Å²) in [6, 6.07) is 10.7. The van der Waals surface area contributed by atoms with Gasteiger partial charge in [0.05, 0.1) is 12.3 Å². The minimum absolute atomic E-state index is 0.422. The summed E-state index contributed by atoms with van der Waals surface area (Å²) in [6.45, 7) is 5.03. The molecule has 0 aliphatic rings. The Labute approximate surface area is 131 Å². The maximum absolute atomic E-state index is 5.97. The molecule has 0 spiro atoms. The molecule has 4 heteroatoms. The topological polar surface area (TPSA) is 38.5 Å². The van der Waals surface area contributed by atoms with E-state index in [-0.39, 0.29) is 0 Å². The Hall–Kier alpha value is -1.68. The van der Waals surface area contributed by atoms with Gasteiger partial charge in [-0.3, -0.25) is 0 Å². The third-order valence-corrected chi connectivity index (χ3v) is 4.50. The number of thiophene rings is 1. The van der Waals surface area contributed by atoms with Crippen LogP contribution >= 0.6 is 11.3 Å². The van der Waals surface area contributed by atoms with Crippen molar-refractivity contribution in [2.75, 3.05) is 24.3 Å². The molecule has 21 heavy (non-hydrogen) atoms. The molecule has 0 aliphatic carbocycles. The van der Waals surface area contributed by atoms with Gasteiger partial charge in [0.1, 0.15) is 5.75 Å². The first-order valence-electron chi connectivity index (χ1n) is 7.39. The fraction of sp³-hybridized carbons (Fsp3) is 0.412. The molecule has 1 aromatic carbocycles. The molecule has 0 saturated heterocycles. The zero-order valence-corrected chi connectivity index (χ0v) is 13.8. The third-order valence-electron chi connectivity index (χ3n) is 3.60. The second kappa shape index (κ2) is 7.36. The summed E-state index contributed by atoms with van der Waals surface area (Å²) in [4.78, 5) is 3.69. The average Bonchev–Trinajstić information content (AvgIpc) is 2.98. The van der Waals surface area contributed by atoms with Crippen LogP contribution in [0.15, 0.2) is 35.7 Å². The maximum atomic E-state index is 5.97. The van der Waals surface area contributed by atoms with Crippen LogP contribution in [0.25, 0.3) is 0 Å². The number of nitrogens with zero attached hydrogens (tertiary/aromatic N) is 1. The summed E-state index contributed by atoms with van der Waals surface area (Å²) >= 11 is 1.81. The Bertz CT molecular complexity index is 554. The fourth-order valence-electron chi connectivity index (χ4n) is 2.19. The quantitative estimate of drug-likeness (QED) is 0.780. The lowest BCUT2D eigenvalue weighted by Crippen LogP contribution is -2.30. The van der Waals surface area contributed by atoms with Crippen LogP contribution in [-0.4, -0.2) is 19.7 Å². The zero-order chi connectivity index (χ0) is 15.2. The lowest BCUT2D eigenvalue weighted by molar-refractivity contribution is 0.319. The minimum atomic E-state index is 0.422. The molecule has 0 amide bonds. The van der Waals surface area contributed by atoms with E-state index in [1.165, 1.54) is 4.88 Å². The highest BCUT2D eigenvalue weighted by Crippen LogP contribution is 2.29. The highest BCUT2D eigenvalue weighted by atomic mass is 32.1. The Kier molecular flexibility index (Phi) is 5.51. The van der Waals surface area contributed by atoms with E-state index in [2.05, 4.69) is 49.4 Å². The molecule has 0 fully saturated rings. The van der Waals surface area contributed by atoms with E-state index in [9.17, 15) is 0 Å². The Morgan fingerprint density at radius 1 is 1.33 bits per heavy atom. The molecular weight excluding hydrogens is 280 g/mol. The SMILES string of the molecule is CCCOc1cc(N(C)C(C)Cc2cccs2)ccc1N. The van der Waals surface area contributed by atoms with Gasteiger partial charge >= 0.3 is 0 Å². The average molecular weight is 304 g/mol. The van der Waals surface area contributed by atoms with Gasteiger partial charge in [-0.05, 0) is 36.9 Å². The second-order valence-electron chi connectivity index (χ2n) is 5.31. The molecule has 1 aromatic heterocycles. The van der Waals surface area contributed by atoms with Crippen LogP contribution in [0.4, 0.5) is 11.4 Å². The number of nitrogens with two attached hydrogens (primary N) is 1. The third kappa shape index (κ3) is 4.14. The number of nitrogen functional groups attached to an aromatic ring is 1. The predicted molar refractivity (Wildman–Crippen MR) is 92.5 cm³/mol. The molecule has 0 bridgehead atoms. The Balaban J connectivity index is 2.08. The first-order valence-corrected chi connectivity index (χ1v) is 8.27. The first-order chi connectivity index (χ1) is 10.1. The van der Waals surface area contributed by atoms with E-state index in [0.29, 0.717) is 18.3 Å². The zero-order valence-electron chi connectivity index (χ0n) is 13.0. The summed E-state index contributed by atoms with van der Waals surface area (Å²) in [7, 11) is 2.12. The Morgan fingerprint density at radius 3 is 2.81 bits per heavy atom. The number of hydrogen-bond acceptors (Lipinski definition) is 4. The van der Waals surface area contributed by atoms with Gasteiger partial charge in [0.2, 0.25) is 0 Å². The summed E-state index contributed by atoms with van der Waals surface area (Å²) in [6.07, 6.45) is 2.03. The molecule has 114 valence electrons. The lowest BCUT2D eigenvalue weighted by atomic mass is 10.1. The summed E-state index contributed by atoms with van der Waals surface area (Å²) in [5.41, 5.74) is 7.81. The lowest BCUT2D eigenvalue weighted by Gasteiger charge is -2.27. The van der Waals surface area contributed by atoms with Crippen LogP contribution in [0.3, 0.4) is 0 Å². The van der Waals surface area contributed by atoms with Crippen LogP contribution in [-0.2, 0) is 6.42 Å². The molecule has 2 rings (SSSR count). The molecule has 3 nitrogen and oxygen atoms in total. The van der Waals surface area contributed by atoms with Gasteiger partial charge in [-0.2, -0.15) is 0 Å². The predicted octanol–water partition coefficient (Wildman–Crippen LogP) is 4.19. The summed E-state index contributed by atoms with van der Waals surface area (Å²) in [5.74, 6) is 0.782. The summed E-state index contributed by atoms with van der Waals surface area (Å²) in [5, 5.41) is 2.13. The monoisotopic (exact) mass is 304 g/mol. The first kappa shape index (κ1) is 15.7. The Morgan fingerprint density at radius 2 is 2.14 bits per heavy atom. The van der Waals surface area contributed by atoms with Crippen molar-refractivity contribution in [3.05, 3.63) is 40.6 Å². The van der Waals surface area contributed by atoms with Crippen molar-refractivity contribution in [3.8, 4) is 5.75 Å². The van der Waals surface area contributed by atoms with Gasteiger partial charge in [0.25, 0.3) is 0 Å². The van der Waals surface area contributed by atoms with Gasteiger partial charge in [-0.1, -0.05) is 13.0 Å². The molecule has 0 aliphatic heterocycles. The normalized spacial score (nSPS) is 12.1. The molecule has 1 atom stereocenters. The van der Waals surface area contributed by atoms with Gasteiger partial charge in [0.15, 0.2) is 0 Å². The maximum Gasteiger partial charge on any atom is 0.144 e. The van der Waals surface area contributed by atoms with E-state index in [4.69, 9.17) is 10.5 Å². The van der Waals surface area contributed by atoms with E-state index < -0.39 is 0 Å². The number of anilines is 2. The second-order valence-corrected chi connectivity index (χ2v) is 6.35. The van der Waals surface area contributed by atoms with Gasteiger partial charge < -0.3 is 15.4 Å². The fourth-order valence-corrected chi connectivity index (χ4v) is 3.02. The van der Waals surface area contributed by atoms with Gasteiger partial charge in [-0.15, -0.1) is 11.3 Å². The number of benzene rings is 1. The highest BCUT2D eigenvalue weighted by Gasteiger charge is 2.13. The smallest absolute Gasteiger partial charge is 0.144 e. The summed E-state index contributed by atoms with van der Waals surface area (Å²) < 4.78 is 5.71. The van der Waals surface area contributed by atoms with Crippen molar-refractivity contribution >= 4 is 22.7 Å². The van der Waals surface area contributed by atoms with E-state index in [0.717, 1.165) is 24.3 Å². The molecule has 2 aromatic rings. The number of hydrogen-bond donors (Lipinski definition) is 1. The van der Waals surface area contributed by atoms with Crippen molar-refractivity contribution in [2.24, 2.45) is 0 Å². The molecule has 2 N–H and O–H groups in total. The molecular formula is C17H24N2OS. The molecule has 1 unspecified atom stereocenters. The van der Waals surface area contributed by atoms with Crippen LogP contribution in [0.5, 0.6) is 5.75 Å². The number of ether oxygens (including phenoxy) is 1. The van der Waals surface area contributed by atoms with Crippen molar-refractivity contribution in [3.63, 3.8) is 0 Å². The van der Waals surface area contributed by atoms with Crippen LogP contribution in [0, 0.1) is 0 Å². The van der Waals surface area contributed by atoms with Crippen molar-refractivity contribution in [2.45, 2.75) is 32.7 Å². The van der Waals surface area contributed by atoms with E-state index in [1.54, 1.807) is 0 Å². The minimum Gasteiger partial charge on any atom is -0.491 e. The molecule has 0 saturated carbocycles. The van der Waals surface area contributed by atoms with E-state index in [1.807, 2.05) is 23.5 Å². The van der Waals surface area contributed by atoms with Crippen molar-refractivity contribution in [1.29, 1.82) is 0 Å². The number of likely N-dealkylation sites (N-methyl/N-ethyl adjacent to an activating group) is 1. The van der Waals surface area contributed by atoms with Crippen molar-refractivity contribution in [1.82, 2.24) is 0 Å². The van der Waals surface area contributed by atoms with Crippen molar-refractivity contribution < 1.29 is 4.74 Å². The van der Waals surface area contributed by atoms with Gasteiger partial charge in [0, 0.05) is 36.1 Å². The molecule has 1 heterocycles. The van der Waals surface area contributed by atoms with Gasteiger partial charge in [-0.25, -0.2) is 0 Å². The van der Waals surface area contributed by atoms with Crippen LogP contribution in [0.1, 0.15) is 25.1 Å². The number of rotatable bonds is 7. The van der Waals surface area contributed by atoms with Crippen LogP contribution < -0.4 is 15.4 Å². The van der Waals surface area contributed by atoms with Crippen LogP contribution in [0.2, 0.25) is 0 Å². The molecule has 0 radical (unpaired) electrons. The standard InChI is InChI=1S/C17H24N2OS/c1-4-9-20-17-12-14(7-8-16(17)18)19(3)13(2)11-15-6-5-10-21-15/h5-8,10,12-13H,4,9,11,18H2,1-3H3. The van der Waals surface area contributed by atoms with E-state index >= 15 is 0 Å².